The highest BCUT2D eigenvalue weighted by Crippen LogP contribution is 2.24. The summed E-state index contributed by atoms with van der Waals surface area (Å²) in [5.41, 5.74) is 2.21. The van der Waals surface area contributed by atoms with Crippen LogP contribution in [-0.4, -0.2) is 35.9 Å². The van der Waals surface area contributed by atoms with Gasteiger partial charge in [-0.25, -0.2) is 4.79 Å². The molecule has 0 radical (unpaired) electrons. The second-order valence-electron chi connectivity index (χ2n) is 8.12. The number of benzene rings is 1. The molecule has 1 aliphatic heterocycles. The average Bonchev–Trinajstić information content (AvgIpc) is 2.58. The molecular weight excluding hydrogens is 342 g/mol. The molecule has 0 unspecified atom stereocenters. The van der Waals surface area contributed by atoms with E-state index in [-0.39, 0.29) is 6.09 Å². The van der Waals surface area contributed by atoms with Gasteiger partial charge in [-0.1, -0.05) is 24.3 Å². The maximum Gasteiger partial charge on any atom is 0.410 e. The van der Waals surface area contributed by atoms with Crippen molar-refractivity contribution in [3.05, 3.63) is 35.4 Å². The van der Waals surface area contributed by atoms with Gasteiger partial charge in [-0.15, -0.1) is 11.8 Å². The minimum atomic E-state index is -0.412. The normalized spacial score (nSPS) is 16.3. The summed E-state index contributed by atoms with van der Waals surface area (Å²) in [5.74, 6) is 0.707. The second-order valence-corrected chi connectivity index (χ2v) is 8.97. The second kappa shape index (κ2) is 9.50. The maximum atomic E-state index is 12.1. The molecule has 1 aromatic rings. The monoisotopic (exact) mass is 375 g/mol. The van der Waals surface area contributed by atoms with Crippen LogP contribution in [0.15, 0.2) is 29.2 Å². The average molecular weight is 376 g/mol. The predicted molar refractivity (Wildman–Crippen MR) is 112 cm³/mol. The molecule has 1 heterocycles. The van der Waals surface area contributed by atoms with E-state index in [0.29, 0.717) is 5.92 Å². The molecule has 0 saturated carbocycles. The van der Waals surface area contributed by atoms with Crippen LogP contribution in [0.1, 0.15) is 57.6 Å². The lowest BCUT2D eigenvalue weighted by Crippen LogP contribution is -2.41. The number of piperidine rings is 1. The third kappa shape index (κ3) is 6.71. The number of hydrogen-bond donors (Lipinski definition) is 0. The number of allylic oxidation sites excluding steroid dienone is 1. The first-order valence-corrected chi connectivity index (χ1v) is 10.8. The van der Waals surface area contributed by atoms with Crippen LogP contribution < -0.4 is 0 Å². The highest BCUT2D eigenvalue weighted by Gasteiger charge is 2.26. The number of carbonyl (C=O) groups excluding carboxylic acids is 1. The smallest absolute Gasteiger partial charge is 0.410 e. The van der Waals surface area contributed by atoms with Crippen LogP contribution in [0.5, 0.6) is 0 Å². The molecule has 26 heavy (non-hydrogen) atoms. The lowest BCUT2D eigenvalue weighted by molar-refractivity contribution is 0.0181. The molecule has 0 aromatic heterocycles. The van der Waals surface area contributed by atoms with E-state index in [1.807, 2.05) is 25.7 Å². The number of carbonyl (C=O) groups is 1. The molecule has 0 atom stereocenters. The Kier molecular flexibility index (Phi) is 7.63. The van der Waals surface area contributed by atoms with Crippen molar-refractivity contribution in [1.82, 2.24) is 4.90 Å². The molecule has 1 amide bonds. The van der Waals surface area contributed by atoms with Crippen molar-refractivity contribution in [3.8, 4) is 0 Å². The van der Waals surface area contributed by atoms with Crippen molar-refractivity contribution in [1.29, 1.82) is 0 Å². The molecule has 0 spiro atoms. The molecule has 1 saturated heterocycles. The van der Waals surface area contributed by atoms with Crippen LogP contribution in [0, 0.1) is 12.8 Å². The number of aryl methyl sites for hydroxylation is 1. The standard InChI is InChI=1S/C22H33NO2S/c1-17-16-19(10-11-20(17)26-5)9-7-6-8-18-12-14-23(15-13-18)21(24)25-22(2,3)4/h7,9-11,16,18H,6,8,12-15H2,1-5H3/b9-7+. The van der Waals surface area contributed by atoms with Crippen LogP contribution in [0.3, 0.4) is 0 Å². The summed E-state index contributed by atoms with van der Waals surface area (Å²) in [4.78, 5) is 15.3. The number of rotatable bonds is 5. The summed E-state index contributed by atoms with van der Waals surface area (Å²) in [6, 6.07) is 6.64. The Labute approximate surface area is 163 Å². The molecular formula is C22H33NO2S. The van der Waals surface area contributed by atoms with Gasteiger partial charge in [-0.3, -0.25) is 0 Å². The third-order valence-electron chi connectivity index (χ3n) is 4.74. The largest absolute Gasteiger partial charge is 0.444 e. The minimum Gasteiger partial charge on any atom is -0.444 e. The first-order chi connectivity index (χ1) is 12.3. The van der Waals surface area contributed by atoms with Gasteiger partial charge in [0.2, 0.25) is 0 Å². The van der Waals surface area contributed by atoms with Gasteiger partial charge in [0.1, 0.15) is 5.60 Å². The SMILES string of the molecule is CSc1ccc(/C=C/CCC2CCN(C(=O)OC(C)(C)C)CC2)cc1C. The Bertz CT molecular complexity index is 626. The first-order valence-electron chi connectivity index (χ1n) is 9.57. The molecule has 1 fully saturated rings. The summed E-state index contributed by atoms with van der Waals surface area (Å²) in [7, 11) is 0. The van der Waals surface area contributed by atoms with E-state index >= 15 is 0 Å². The molecule has 0 bridgehead atoms. The van der Waals surface area contributed by atoms with Crippen molar-refractivity contribution >= 4 is 23.9 Å². The van der Waals surface area contributed by atoms with Crippen molar-refractivity contribution in [3.63, 3.8) is 0 Å². The van der Waals surface area contributed by atoms with E-state index in [9.17, 15) is 4.79 Å². The Morgan fingerprint density at radius 3 is 2.58 bits per heavy atom. The van der Waals surface area contributed by atoms with Gasteiger partial charge in [0.25, 0.3) is 0 Å². The Hall–Kier alpha value is -1.42. The fourth-order valence-corrected chi connectivity index (χ4v) is 3.87. The van der Waals surface area contributed by atoms with Gasteiger partial charge in [0, 0.05) is 18.0 Å². The van der Waals surface area contributed by atoms with E-state index in [1.54, 1.807) is 11.8 Å². The third-order valence-corrected chi connectivity index (χ3v) is 5.63. The molecule has 3 nitrogen and oxygen atoms in total. The Morgan fingerprint density at radius 1 is 1.31 bits per heavy atom. The lowest BCUT2D eigenvalue weighted by Gasteiger charge is -2.33. The van der Waals surface area contributed by atoms with Gasteiger partial charge < -0.3 is 9.64 Å². The van der Waals surface area contributed by atoms with E-state index in [4.69, 9.17) is 4.74 Å². The number of likely N-dealkylation sites (tertiary alicyclic amines) is 1. The van der Waals surface area contributed by atoms with E-state index in [1.165, 1.54) is 22.4 Å². The van der Waals surface area contributed by atoms with Crippen LogP contribution in [0.4, 0.5) is 4.79 Å². The van der Waals surface area contributed by atoms with Crippen molar-refractivity contribution in [2.75, 3.05) is 19.3 Å². The minimum absolute atomic E-state index is 0.167. The number of ether oxygens (including phenoxy) is 1. The molecule has 0 aliphatic carbocycles. The van der Waals surface area contributed by atoms with Gasteiger partial charge in [0.05, 0.1) is 0 Å². The lowest BCUT2D eigenvalue weighted by atomic mass is 9.92. The Balaban J connectivity index is 1.72. The summed E-state index contributed by atoms with van der Waals surface area (Å²) in [6.07, 6.45) is 10.9. The first kappa shape index (κ1) is 20.9. The fourth-order valence-electron chi connectivity index (χ4n) is 3.29. The van der Waals surface area contributed by atoms with Crippen molar-refractivity contribution in [2.45, 2.75) is 63.9 Å². The zero-order valence-electron chi connectivity index (χ0n) is 16.9. The number of amides is 1. The summed E-state index contributed by atoms with van der Waals surface area (Å²) >= 11 is 1.80. The molecule has 0 N–H and O–H groups in total. The Morgan fingerprint density at radius 2 is 2.00 bits per heavy atom. The number of hydrogen-bond acceptors (Lipinski definition) is 3. The van der Waals surface area contributed by atoms with Crippen molar-refractivity contribution in [2.24, 2.45) is 5.92 Å². The molecule has 4 heteroatoms. The van der Waals surface area contributed by atoms with Gasteiger partial charge >= 0.3 is 6.09 Å². The number of nitrogens with zero attached hydrogens (tertiary/aromatic N) is 1. The highest BCUT2D eigenvalue weighted by atomic mass is 32.2. The maximum absolute atomic E-state index is 12.1. The number of thioether (sulfide) groups is 1. The van der Waals surface area contributed by atoms with Crippen LogP contribution in [0.2, 0.25) is 0 Å². The van der Waals surface area contributed by atoms with Crippen LogP contribution in [-0.2, 0) is 4.74 Å². The molecule has 1 aromatic carbocycles. The molecule has 2 rings (SSSR count). The molecule has 1 aliphatic rings. The van der Waals surface area contributed by atoms with Crippen LogP contribution in [0.25, 0.3) is 6.08 Å². The summed E-state index contributed by atoms with van der Waals surface area (Å²) in [5, 5.41) is 0. The highest BCUT2D eigenvalue weighted by molar-refractivity contribution is 7.98. The van der Waals surface area contributed by atoms with Gasteiger partial charge in [0.15, 0.2) is 0 Å². The summed E-state index contributed by atoms with van der Waals surface area (Å²) < 4.78 is 5.46. The quantitative estimate of drug-likeness (QED) is 0.577. The summed E-state index contributed by atoms with van der Waals surface area (Å²) in [6.45, 7) is 9.55. The van der Waals surface area contributed by atoms with E-state index < -0.39 is 5.60 Å². The topological polar surface area (TPSA) is 29.5 Å². The van der Waals surface area contributed by atoms with Gasteiger partial charge in [-0.2, -0.15) is 0 Å². The van der Waals surface area contributed by atoms with Crippen LogP contribution >= 0.6 is 11.8 Å². The van der Waals surface area contributed by atoms with E-state index in [0.717, 1.165) is 32.4 Å². The fraction of sp³-hybridized carbons (Fsp3) is 0.591. The van der Waals surface area contributed by atoms with Gasteiger partial charge in [-0.05, 0) is 82.7 Å². The van der Waals surface area contributed by atoms with Crippen molar-refractivity contribution < 1.29 is 9.53 Å². The zero-order valence-corrected chi connectivity index (χ0v) is 17.7. The predicted octanol–water partition coefficient (Wildman–Crippen LogP) is 6.16. The van der Waals surface area contributed by atoms with E-state index in [2.05, 4.69) is 43.5 Å². The zero-order chi connectivity index (χ0) is 19.2. The molecule has 144 valence electrons.